The summed E-state index contributed by atoms with van der Waals surface area (Å²) in [4.78, 5) is 19.3. The summed E-state index contributed by atoms with van der Waals surface area (Å²) in [6.45, 7) is 4.83. The average molecular weight is 428 g/mol. The molecular weight excluding hydrogens is 394 g/mol. The lowest BCUT2D eigenvalue weighted by atomic mass is 9.95. The van der Waals surface area contributed by atoms with Crippen molar-refractivity contribution in [2.45, 2.75) is 64.3 Å². The van der Waals surface area contributed by atoms with Gasteiger partial charge in [-0.1, -0.05) is 49.1 Å². The highest BCUT2D eigenvalue weighted by molar-refractivity contribution is 7.09. The van der Waals surface area contributed by atoms with E-state index in [0.717, 1.165) is 62.7 Å². The third-order valence-electron chi connectivity index (χ3n) is 6.32. The Morgan fingerprint density at radius 3 is 2.57 bits per heavy atom. The molecule has 1 saturated heterocycles. The van der Waals surface area contributed by atoms with Gasteiger partial charge in [-0.15, -0.1) is 0 Å². The number of nitrogens with zero attached hydrogens (tertiary/aromatic N) is 3. The Kier molecular flexibility index (Phi) is 7.20. The fourth-order valence-electron chi connectivity index (χ4n) is 4.38. The van der Waals surface area contributed by atoms with Crippen molar-refractivity contribution < 1.29 is 4.79 Å². The summed E-state index contributed by atoms with van der Waals surface area (Å²) >= 11 is 1.50. The number of nitrogens with one attached hydrogen (secondary N) is 2. The Labute approximate surface area is 183 Å². The van der Waals surface area contributed by atoms with Crippen molar-refractivity contribution in [2.75, 3.05) is 24.5 Å². The number of urea groups is 1. The Bertz CT molecular complexity index is 807. The Hall–Kier alpha value is -2.15. The molecule has 0 bridgehead atoms. The van der Waals surface area contributed by atoms with Gasteiger partial charge in [-0.25, -0.2) is 9.78 Å². The van der Waals surface area contributed by atoms with E-state index < -0.39 is 0 Å². The number of carbonyl (C=O) groups is 1. The van der Waals surface area contributed by atoms with Crippen LogP contribution in [0.4, 0.5) is 9.93 Å². The maximum atomic E-state index is 12.2. The average Bonchev–Trinajstić information content (AvgIpc) is 3.23. The molecule has 1 saturated carbocycles. The van der Waals surface area contributed by atoms with E-state index in [1.165, 1.54) is 41.9 Å². The Balaban J connectivity index is 1.18. The van der Waals surface area contributed by atoms with Crippen LogP contribution in [0.1, 0.15) is 61.9 Å². The number of anilines is 1. The molecule has 30 heavy (non-hydrogen) atoms. The molecule has 2 aromatic rings. The molecule has 2 fully saturated rings. The fourth-order valence-corrected chi connectivity index (χ4v) is 5.12. The van der Waals surface area contributed by atoms with Crippen LogP contribution in [0.3, 0.4) is 0 Å². The number of piperidine rings is 1. The molecule has 2 aliphatic rings. The first-order valence-corrected chi connectivity index (χ1v) is 12.1. The van der Waals surface area contributed by atoms with Gasteiger partial charge < -0.3 is 15.5 Å². The van der Waals surface area contributed by atoms with Gasteiger partial charge in [-0.2, -0.15) is 4.37 Å². The standard InChI is InChI=1S/C23H33N5OS/c1-17-7-9-18(10-8-17)15-21-26-23(30-27-21)28-13-11-19(12-14-28)16-24-22(29)25-20-5-3-2-4-6-20/h7-10,19-20H,2-6,11-16H2,1H3,(H2,24,25,29). The van der Waals surface area contributed by atoms with Crippen molar-refractivity contribution in [1.29, 1.82) is 0 Å². The van der Waals surface area contributed by atoms with Crippen LogP contribution < -0.4 is 15.5 Å². The Morgan fingerprint density at radius 1 is 1.10 bits per heavy atom. The summed E-state index contributed by atoms with van der Waals surface area (Å²) < 4.78 is 4.57. The molecule has 0 unspecified atom stereocenters. The number of amides is 2. The molecule has 0 atom stereocenters. The zero-order valence-electron chi connectivity index (χ0n) is 17.9. The van der Waals surface area contributed by atoms with Gasteiger partial charge in [0.2, 0.25) is 5.13 Å². The van der Waals surface area contributed by atoms with Crippen LogP contribution in [-0.2, 0) is 6.42 Å². The summed E-state index contributed by atoms with van der Waals surface area (Å²) in [6, 6.07) is 8.95. The molecule has 1 aliphatic carbocycles. The number of aryl methyl sites for hydroxylation is 1. The monoisotopic (exact) mass is 427 g/mol. The fraction of sp³-hybridized carbons (Fsp3) is 0.609. The van der Waals surface area contributed by atoms with Gasteiger partial charge in [0.1, 0.15) is 5.82 Å². The summed E-state index contributed by atoms with van der Waals surface area (Å²) in [6.07, 6.45) is 8.98. The third kappa shape index (κ3) is 5.94. The molecular formula is C23H33N5OS. The number of carbonyl (C=O) groups excluding carboxylic acids is 1. The van der Waals surface area contributed by atoms with Crippen molar-refractivity contribution in [3.8, 4) is 0 Å². The van der Waals surface area contributed by atoms with Gasteiger partial charge >= 0.3 is 6.03 Å². The molecule has 162 valence electrons. The molecule has 1 aliphatic heterocycles. The second-order valence-electron chi connectivity index (χ2n) is 8.78. The van der Waals surface area contributed by atoms with Gasteiger partial charge in [0.05, 0.1) is 0 Å². The largest absolute Gasteiger partial charge is 0.347 e. The van der Waals surface area contributed by atoms with Crippen molar-refractivity contribution >= 4 is 22.7 Å². The van der Waals surface area contributed by atoms with E-state index in [4.69, 9.17) is 4.98 Å². The molecule has 0 radical (unpaired) electrons. The minimum atomic E-state index is 0.00852. The number of aromatic nitrogens is 2. The summed E-state index contributed by atoms with van der Waals surface area (Å²) in [7, 11) is 0. The molecule has 1 aromatic carbocycles. The summed E-state index contributed by atoms with van der Waals surface area (Å²) in [5.74, 6) is 1.44. The molecule has 4 rings (SSSR count). The highest BCUT2D eigenvalue weighted by Crippen LogP contribution is 2.25. The van der Waals surface area contributed by atoms with E-state index in [1.54, 1.807) is 0 Å². The van der Waals surface area contributed by atoms with Gasteiger partial charge in [-0.05, 0) is 44.1 Å². The molecule has 2 heterocycles. The van der Waals surface area contributed by atoms with Crippen LogP contribution in [0.5, 0.6) is 0 Å². The third-order valence-corrected chi connectivity index (χ3v) is 7.13. The van der Waals surface area contributed by atoms with Gasteiger partial charge in [0, 0.05) is 43.6 Å². The van der Waals surface area contributed by atoms with Crippen molar-refractivity contribution in [1.82, 2.24) is 20.0 Å². The van der Waals surface area contributed by atoms with Gasteiger partial charge in [-0.3, -0.25) is 0 Å². The number of hydrogen-bond donors (Lipinski definition) is 2. The smallest absolute Gasteiger partial charge is 0.315 e. The van der Waals surface area contributed by atoms with E-state index in [9.17, 15) is 4.79 Å². The van der Waals surface area contributed by atoms with E-state index >= 15 is 0 Å². The van der Waals surface area contributed by atoms with E-state index in [2.05, 4.69) is 51.1 Å². The highest BCUT2D eigenvalue weighted by atomic mass is 32.1. The number of rotatable bonds is 6. The van der Waals surface area contributed by atoms with Crippen LogP contribution in [0.15, 0.2) is 24.3 Å². The molecule has 1 aromatic heterocycles. The molecule has 2 amide bonds. The SMILES string of the molecule is Cc1ccc(Cc2nsc(N3CCC(CNC(=O)NC4CCCCC4)CC3)n2)cc1. The van der Waals surface area contributed by atoms with E-state index in [-0.39, 0.29) is 6.03 Å². The van der Waals surface area contributed by atoms with Crippen molar-refractivity contribution in [2.24, 2.45) is 5.92 Å². The number of benzene rings is 1. The second kappa shape index (κ2) is 10.2. The zero-order valence-corrected chi connectivity index (χ0v) is 18.7. The predicted molar refractivity (Wildman–Crippen MR) is 122 cm³/mol. The Morgan fingerprint density at radius 2 is 1.83 bits per heavy atom. The first-order valence-electron chi connectivity index (χ1n) is 11.3. The lowest BCUT2D eigenvalue weighted by Crippen LogP contribution is -2.45. The minimum absolute atomic E-state index is 0.00852. The molecule has 0 spiro atoms. The van der Waals surface area contributed by atoms with Gasteiger partial charge in [0.25, 0.3) is 0 Å². The lowest BCUT2D eigenvalue weighted by molar-refractivity contribution is 0.229. The predicted octanol–water partition coefficient (Wildman–Crippen LogP) is 4.29. The quantitative estimate of drug-likeness (QED) is 0.722. The van der Waals surface area contributed by atoms with Crippen LogP contribution in [0, 0.1) is 12.8 Å². The summed E-state index contributed by atoms with van der Waals surface area (Å²) in [5.41, 5.74) is 2.52. The second-order valence-corrected chi connectivity index (χ2v) is 9.51. The molecule has 2 N–H and O–H groups in total. The van der Waals surface area contributed by atoms with Crippen LogP contribution in [0.25, 0.3) is 0 Å². The van der Waals surface area contributed by atoms with Gasteiger partial charge in [0.15, 0.2) is 0 Å². The van der Waals surface area contributed by atoms with Crippen LogP contribution >= 0.6 is 11.5 Å². The minimum Gasteiger partial charge on any atom is -0.347 e. The topological polar surface area (TPSA) is 70.2 Å². The highest BCUT2D eigenvalue weighted by Gasteiger charge is 2.23. The van der Waals surface area contributed by atoms with E-state index in [0.29, 0.717) is 12.0 Å². The van der Waals surface area contributed by atoms with Crippen LogP contribution in [0.2, 0.25) is 0 Å². The first-order chi connectivity index (χ1) is 14.7. The first kappa shape index (κ1) is 21.1. The summed E-state index contributed by atoms with van der Waals surface area (Å²) in [5, 5.41) is 7.26. The normalized spacial score (nSPS) is 18.4. The lowest BCUT2D eigenvalue weighted by Gasteiger charge is -2.31. The van der Waals surface area contributed by atoms with Crippen molar-refractivity contribution in [3.63, 3.8) is 0 Å². The zero-order chi connectivity index (χ0) is 20.8. The van der Waals surface area contributed by atoms with Crippen molar-refractivity contribution in [3.05, 3.63) is 41.2 Å². The molecule has 7 heteroatoms. The number of hydrogen-bond acceptors (Lipinski definition) is 5. The van der Waals surface area contributed by atoms with E-state index in [1.807, 2.05) is 0 Å². The van der Waals surface area contributed by atoms with Crippen LogP contribution in [-0.4, -0.2) is 41.1 Å². The maximum absolute atomic E-state index is 12.2. The molecule has 6 nitrogen and oxygen atoms in total. The maximum Gasteiger partial charge on any atom is 0.315 e.